The highest BCUT2D eigenvalue weighted by Crippen LogP contribution is 2.30. The van der Waals surface area contributed by atoms with Crippen LogP contribution in [-0.4, -0.2) is 101 Å². The van der Waals surface area contributed by atoms with Gasteiger partial charge in [-0.25, -0.2) is 9.97 Å². The molecule has 3 heterocycles. The summed E-state index contributed by atoms with van der Waals surface area (Å²) in [4.78, 5) is 53.5. The van der Waals surface area contributed by atoms with Crippen molar-refractivity contribution in [1.82, 2.24) is 30.4 Å². The van der Waals surface area contributed by atoms with Gasteiger partial charge in [-0.1, -0.05) is 18.2 Å². The summed E-state index contributed by atoms with van der Waals surface area (Å²) in [5.74, 6) is 0.319. The third-order valence-corrected chi connectivity index (χ3v) is 7.63. The van der Waals surface area contributed by atoms with Gasteiger partial charge < -0.3 is 25.5 Å². The van der Waals surface area contributed by atoms with Gasteiger partial charge in [-0.2, -0.15) is 0 Å². The minimum absolute atomic E-state index is 0.0194. The number of anilines is 1. The molecule has 0 unspecified atom stereocenters. The van der Waals surface area contributed by atoms with Gasteiger partial charge in [0.05, 0.1) is 13.1 Å². The van der Waals surface area contributed by atoms with Crippen molar-refractivity contribution in [3.05, 3.63) is 72.1 Å². The van der Waals surface area contributed by atoms with Crippen LogP contribution in [0.3, 0.4) is 0 Å². The van der Waals surface area contributed by atoms with Crippen molar-refractivity contribution in [3.63, 3.8) is 0 Å². The molecule has 11 nitrogen and oxygen atoms in total. The summed E-state index contributed by atoms with van der Waals surface area (Å²) >= 11 is 0. The van der Waals surface area contributed by atoms with Crippen molar-refractivity contribution in [2.45, 2.75) is 19.3 Å². The fourth-order valence-electron chi connectivity index (χ4n) is 5.25. The Balaban J connectivity index is 1.22. The van der Waals surface area contributed by atoms with Gasteiger partial charge in [0, 0.05) is 69.3 Å². The van der Waals surface area contributed by atoms with Crippen LogP contribution in [0.1, 0.15) is 28.8 Å². The van der Waals surface area contributed by atoms with Crippen molar-refractivity contribution in [3.8, 4) is 16.9 Å². The van der Waals surface area contributed by atoms with Gasteiger partial charge >= 0.3 is 0 Å². The second-order valence-corrected chi connectivity index (χ2v) is 10.6. The first-order valence-electron chi connectivity index (χ1n) is 14.5. The van der Waals surface area contributed by atoms with Crippen LogP contribution in [0.5, 0.6) is 5.75 Å². The Labute approximate surface area is 245 Å². The fraction of sp³-hybridized carbons (Fsp3) is 0.387. The Bertz CT molecular complexity index is 1390. The molecule has 3 amide bonds. The highest BCUT2D eigenvalue weighted by Gasteiger charge is 2.24. The molecule has 0 atom stereocenters. The van der Waals surface area contributed by atoms with Gasteiger partial charge in [-0.15, -0.1) is 0 Å². The normalized spacial score (nSPS) is 17.5. The van der Waals surface area contributed by atoms with E-state index in [2.05, 4.69) is 30.4 Å². The molecular weight excluding hydrogens is 534 g/mol. The van der Waals surface area contributed by atoms with Crippen molar-refractivity contribution < 1.29 is 19.5 Å². The lowest BCUT2D eigenvalue weighted by molar-refractivity contribution is -0.137. The van der Waals surface area contributed by atoms with Crippen LogP contribution in [-0.2, 0) is 16.0 Å². The molecule has 3 N–H and O–H groups in total. The third-order valence-electron chi connectivity index (χ3n) is 7.63. The molecule has 2 aliphatic heterocycles. The van der Waals surface area contributed by atoms with Gasteiger partial charge in [0.1, 0.15) is 5.75 Å². The highest BCUT2D eigenvalue weighted by molar-refractivity contribution is 5.95. The number of nitrogens with one attached hydrogen (secondary N) is 2. The van der Waals surface area contributed by atoms with E-state index in [9.17, 15) is 19.5 Å². The first-order valence-corrected chi connectivity index (χ1v) is 14.5. The maximum absolute atomic E-state index is 13.4. The number of rotatable bonds is 3. The Morgan fingerprint density at radius 1 is 0.857 bits per heavy atom. The van der Waals surface area contributed by atoms with Crippen LogP contribution in [0, 0.1) is 0 Å². The average molecular weight is 572 g/mol. The molecular formula is C31H37N7O4. The molecule has 11 heteroatoms. The number of aromatic nitrogens is 2. The Kier molecular flexibility index (Phi) is 9.60. The molecule has 1 fully saturated rings. The summed E-state index contributed by atoms with van der Waals surface area (Å²) < 4.78 is 0. The van der Waals surface area contributed by atoms with Crippen molar-refractivity contribution >= 4 is 23.7 Å². The predicted molar refractivity (Wildman–Crippen MR) is 159 cm³/mol. The maximum atomic E-state index is 13.4. The number of phenolic OH excluding ortho intramolecular Hbond substituents is 1. The topological polar surface area (TPSA) is 131 Å². The summed E-state index contributed by atoms with van der Waals surface area (Å²) in [6.45, 7) is 4.33. The van der Waals surface area contributed by atoms with Gasteiger partial charge in [-0.3, -0.25) is 19.3 Å². The number of carbonyl (C=O) groups is 3. The summed E-state index contributed by atoms with van der Waals surface area (Å²) in [6.07, 6.45) is 5.32. The average Bonchev–Trinajstić information content (AvgIpc) is 3.01. The smallest absolute Gasteiger partial charge is 0.251 e. The number of piperazine rings is 1. The van der Waals surface area contributed by atoms with E-state index in [1.807, 2.05) is 18.2 Å². The lowest BCUT2D eigenvalue weighted by atomic mass is 9.98. The summed E-state index contributed by atoms with van der Waals surface area (Å²) in [5.41, 5.74) is 2.83. The zero-order chi connectivity index (χ0) is 29.3. The quantitative estimate of drug-likeness (QED) is 0.433. The second-order valence-electron chi connectivity index (χ2n) is 10.6. The van der Waals surface area contributed by atoms with Crippen LogP contribution in [0.2, 0.25) is 0 Å². The molecule has 2 aliphatic rings. The molecule has 5 rings (SSSR count). The van der Waals surface area contributed by atoms with E-state index in [1.165, 1.54) is 0 Å². The van der Waals surface area contributed by atoms with E-state index in [-0.39, 0.29) is 36.6 Å². The van der Waals surface area contributed by atoms with Gasteiger partial charge in [0.25, 0.3) is 5.91 Å². The number of fused-ring (bicyclic) bond motifs is 5. The molecule has 4 bridgehead atoms. The molecule has 3 aromatic rings. The number of benzene rings is 2. The summed E-state index contributed by atoms with van der Waals surface area (Å²) in [7, 11) is 0. The van der Waals surface area contributed by atoms with Crippen molar-refractivity contribution in [2.24, 2.45) is 0 Å². The summed E-state index contributed by atoms with van der Waals surface area (Å²) in [5, 5.41) is 16.4. The highest BCUT2D eigenvalue weighted by atomic mass is 16.3. The van der Waals surface area contributed by atoms with Crippen LogP contribution in [0.15, 0.2) is 60.9 Å². The maximum Gasteiger partial charge on any atom is 0.251 e. The minimum Gasteiger partial charge on any atom is -0.507 e. The summed E-state index contributed by atoms with van der Waals surface area (Å²) in [6, 6.07) is 14.3. The molecule has 1 saturated heterocycles. The second kappa shape index (κ2) is 13.9. The van der Waals surface area contributed by atoms with Gasteiger partial charge in [0.2, 0.25) is 17.8 Å². The van der Waals surface area contributed by atoms with Crippen molar-refractivity contribution in [2.75, 3.05) is 63.8 Å². The lowest BCUT2D eigenvalue weighted by Gasteiger charge is -2.35. The number of nitrogens with zero attached hydrogens (tertiary/aromatic N) is 5. The number of hydrogen-bond acceptors (Lipinski definition) is 8. The van der Waals surface area contributed by atoms with E-state index in [0.717, 1.165) is 24.2 Å². The third kappa shape index (κ3) is 7.61. The van der Waals surface area contributed by atoms with Crippen LogP contribution >= 0.6 is 0 Å². The van der Waals surface area contributed by atoms with E-state index in [0.29, 0.717) is 69.1 Å². The van der Waals surface area contributed by atoms with E-state index in [4.69, 9.17) is 0 Å². The van der Waals surface area contributed by atoms with Crippen LogP contribution in [0.25, 0.3) is 11.1 Å². The molecule has 42 heavy (non-hydrogen) atoms. The van der Waals surface area contributed by atoms with Crippen LogP contribution < -0.4 is 15.5 Å². The van der Waals surface area contributed by atoms with Gasteiger partial charge in [-0.05, 0) is 60.7 Å². The number of amides is 3. The largest absolute Gasteiger partial charge is 0.507 e. The molecule has 220 valence electrons. The molecule has 0 spiro atoms. The Morgan fingerprint density at radius 2 is 1.64 bits per heavy atom. The first-order chi connectivity index (χ1) is 20.5. The number of aromatic hydroxyl groups is 1. The number of hydrogen-bond donors (Lipinski definition) is 3. The first kappa shape index (κ1) is 29.0. The van der Waals surface area contributed by atoms with E-state index < -0.39 is 0 Å². The SMILES string of the molecule is O=C1CN(C(=O)CN2CCN(c3ncccn3)CC2)CCCCNC(=O)c2cccc(c2)-c2cc(ccc2O)CCN1. The predicted octanol–water partition coefficient (Wildman–Crippen LogP) is 1.68. The zero-order valence-electron chi connectivity index (χ0n) is 23.7. The number of carbonyl (C=O) groups excluding carboxylic acids is 3. The Morgan fingerprint density at radius 3 is 2.45 bits per heavy atom. The molecule has 0 aliphatic carbocycles. The lowest BCUT2D eigenvalue weighted by Crippen LogP contribution is -2.51. The van der Waals surface area contributed by atoms with E-state index >= 15 is 0 Å². The molecule has 2 aromatic carbocycles. The van der Waals surface area contributed by atoms with E-state index in [1.54, 1.807) is 47.6 Å². The zero-order valence-corrected chi connectivity index (χ0v) is 23.7. The molecule has 0 radical (unpaired) electrons. The van der Waals surface area contributed by atoms with Gasteiger partial charge in [0.15, 0.2) is 0 Å². The Hall–Kier alpha value is -4.51. The monoisotopic (exact) mass is 571 g/mol. The number of phenols is 1. The fourth-order valence-corrected chi connectivity index (χ4v) is 5.25. The van der Waals surface area contributed by atoms with Crippen molar-refractivity contribution in [1.29, 1.82) is 0 Å². The molecule has 0 saturated carbocycles. The minimum atomic E-state index is -0.212. The van der Waals surface area contributed by atoms with Crippen LogP contribution in [0.4, 0.5) is 5.95 Å². The molecule has 1 aromatic heterocycles. The standard InChI is InChI=1S/C31H37N7O4/c39-27-8-7-23-9-13-32-28(40)21-38(29(41)22-36-15-17-37(18-16-36)31-34-11-4-12-35-31)14-2-1-10-33-30(42)25-6-3-5-24(20-25)26(27)19-23/h3-8,11-12,19-20,39H,1-2,9-10,13-18,21-22H2,(H,32,40)(H,33,42).